The summed E-state index contributed by atoms with van der Waals surface area (Å²) in [5.74, 6) is -0.369. The molecule has 0 saturated heterocycles. The molecule has 0 spiro atoms. The summed E-state index contributed by atoms with van der Waals surface area (Å²) in [6.45, 7) is 0. The van der Waals surface area contributed by atoms with Crippen LogP contribution in [0.4, 0.5) is 0 Å². The van der Waals surface area contributed by atoms with Crippen LogP contribution in [0, 0.1) is 10.1 Å². The first-order valence-electron chi connectivity index (χ1n) is 2.93. The Morgan fingerprint density at radius 1 is 1.75 bits per heavy atom. The average Bonchev–Trinajstić information content (AvgIpc) is 2.33. The van der Waals surface area contributed by atoms with Gasteiger partial charge in [-0.05, 0) is 0 Å². The first-order chi connectivity index (χ1) is 5.61. The number of guanidine groups is 1. The van der Waals surface area contributed by atoms with E-state index in [4.69, 9.17) is 11.5 Å². The van der Waals surface area contributed by atoms with Crippen molar-refractivity contribution in [1.29, 1.82) is 0 Å². The normalized spacial score (nSPS) is 20.3. The van der Waals surface area contributed by atoms with Gasteiger partial charge in [0.05, 0.1) is 4.92 Å². The molecule has 1 unspecified atom stereocenters. The number of nitrogens with two attached hydrogens (primary N) is 2. The summed E-state index contributed by atoms with van der Waals surface area (Å²) < 4.78 is 0. The summed E-state index contributed by atoms with van der Waals surface area (Å²) in [4.78, 5) is 20.0. The van der Waals surface area contributed by atoms with Gasteiger partial charge in [0.2, 0.25) is 5.84 Å². The van der Waals surface area contributed by atoms with Crippen LogP contribution in [0.3, 0.4) is 0 Å². The zero-order valence-electron chi connectivity index (χ0n) is 5.91. The van der Waals surface area contributed by atoms with Crippen molar-refractivity contribution in [2.24, 2.45) is 26.4 Å². The lowest BCUT2D eigenvalue weighted by Crippen LogP contribution is -2.29. The Bertz CT molecular complexity index is 288. The minimum absolute atomic E-state index is 0.0972. The third kappa shape index (κ3) is 1.54. The Morgan fingerprint density at radius 3 is 2.92 bits per heavy atom. The van der Waals surface area contributed by atoms with Gasteiger partial charge in [0.1, 0.15) is 6.34 Å². The van der Waals surface area contributed by atoms with Gasteiger partial charge in [0.25, 0.3) is 0 Å². The second-order valence-corrected chi connectivity index (χ2v) is 1.95. The largest absolute Gasteiger partial charge is 0.370 e. The number of hydrogen-bond donors (Lipinski definition) is 2. The average molecular weight is 170 g/mol. The Hall–Kier alpha value is -1.99. The molecule has 0 amide bonds. The summed E-state index contributed by atoms with van der Waals surface area (Å²) in [5.41, 5.74) is 10.0. The van der Waals surface area contributed by atoms with Crippen LogP contribution in [-0.2, 0) is 0 Å². The highest BCUT2D eigenvalue weighted by Gasteiger charge is 2.28. The fraction of sp³-hybridized carbons (Fsp3) is 0.250. The molecule has 8 heteroatoms. The molecular weight excluding hydrogens is 164 g/mol. The van der Waals surface area contributed by atoms with Crippen LogP contribution in [0.15, 0.2) is 15.0 Å². The zero-order chi connectivity index (χ0) is 9.14. The molecule has 0 aromatic carbocycles. The Labute approximate surface area is 66.8 Å². The summed E-state index contributed by atoms with van der Waals surface area (Å²) in [5, 5.41) is 10.3. The number of aliphatic imine (C=N–C) groups is 3. The lowest BCUT2D eigenvalue weighted by Gasteiger charge is -1.97. The molecule has 12 heavy (non-hydrogen) atoms. The van der Waals surface area contributed by atoms with Crippen molar-refractivity contribution >= 4 is 18.1 Å². The van der Waals surface area contributed by atoms with Crippen molar-refractivity contribution in [1.82, 2.24) is 0 Å². The van der Waals surface area contributed by atoms with E-state index in [9.17, 15) is 10.1 Å². The number of hydrogen-bond acceptors (Lipinski definition) is 5. The predicted molar refractivity (Wildman–Crippen MR) is 42.5 cm³/mol. The minimum Gasteiger partial charge on any atom is -0.370 e. The molecule has 0 aromatic heterocycles. The lowest BCUT2D eigenvalue weighted by molar-refractivity contribution is -0.500. The molecule has 0 fully saturated rings. The van der Waals surface area contributed by atoms with Gasteiger partial charge in [-0.15, -0.1) is 0 Å². The van der Waals surface area contributed by atoms with E-state index in [0.29, 0.717) is 0 Å². The third-order valence-corrected chi connectivity index (χ3v) is 1.07. The molecule has 1 atom stereocenters. The summed E-state index contributed by atoms with van der Waals surface area (Å²) in [6.07, 6.45) is -0.220. The zero-order valence-corrected chi connectivity index (χ0v) is 5.91. The fourth-order valence-corrected chi connectivity index (χ4v) is 0.657. The number of nitro groups is 1. The summed E-state index contributed by atoms with van der Waals surface area (Å²) in [6, 6.07) is 0. The van der Waals surface area contributed by atoms with Crippen molar-refractivity contribution in [3.8, 4) is 0 Å². The molecule has 1 heterocycles. The molecule has 0 bridgehead atoms. The van der Waals surface area contributed by atoms with E-state index >= 15 is 0 Å². The van der Waals surface area contributed by atoms with Crippen LogP contribution in [-0.4, -0.2) is 29.2 Å². The number of rotatable bonds is 1. The second kappa shape index (κ2) is 2.95. The first kappa shape index (κ1) is 8.11. The smallest absolute Gasteiger partial charge is 0.365 e. The van der Waals surface area contributed by atoms with Crippen molar-refractivity contribution in [3.05, 3.63) is 10.1 Å². The van der Waals surface area contributed by atoms with E-state index in [1.165, 1.54) is 0 Å². The molecule has 0 saturated carbocycles. The summed E-state index contributed by atoms with van der Waals surface area (Å²) >= 11 is 0. The minimum atomic E-state index is -1.27. The van der Waals surface area contributed by atoms with Crippen molar-refractivity contribution in [3.63, 3.8) is 0 Å². The molecule has 0 radical (unpaired) electrons. The lowest BCUT2D eigenvalue weighted by atomic mass is 10.5. The van der Waals surface area contributed by atoms with Crippen LogP contribution >= 0.6 is 0 Å². The van der Waals surface area contributed by atoms with Crippen LogP contribution in [0.5, 0.6) is 0 Å². The van der Waals surface area contributed by atoms with Gasteiger partial charge in [-0.25, -0.2) is 4.99 Å². The van der Waals surface area contributed by atoms with Crippen LogP contribution < -0.4 is 11.5 Å². The standard InChI is InChI=1S/C4H6N6O2/c5-4(6)9-2-3(10(11)12)8-1-7-2/h1,3H,(H4,5,6,7,8,9). The van der Waals surface area contributed by atoms with E-state index in [-0.39, 0.29) is 11.8 Å². The maximum Gasteiger partial charge on any atom is 0.365 e. The molecular formula is C4H6N6O2. The van der Waals surface area contributed by atoms with Gasteiger partial charge >= 0.3 is 6.17 Å². The molecule has 1 rings (SSSR count). The van der Waals surface area contributed by atoms with Gasteiger partial charge in [-0.3, -0.25) is 10.1 Å². The molecule has 4 N–H and O–H groups in total. The quantitative estimate of drug-likeness (QED) is 0.210. The Balaban J connectivity index is 2.81. The van der Waals surface area contributed by atoms with E-state index < -0.39 is 11.1 Å². The third-order valence-electron chi connectivity index (χ3n) is 1.07. The van der Waals surface area contributed by atoms with Gasteiger partial charge < -0.3 is 11.5 Å². The van der Waals surface area contributed by atoms with Crippen LogP contribution in [0.1, 0.15) is 0 Å². The SMILES string of the molecule is NC(N)=NC1=NC=NC1[N+](=O)[O-]. The fourth-order valence-electron chi connectivity index (χ4n) is 0.657. The number of nitrogens with zero attached hydrogens (tertiary/aromatic N) is 4. The molecule has 8 nitrogen and oxygen atoms in total. The highest BCUT2D eigenvalue weighted by molar-refractivity contribution is 6.02. The maximum absolute atomic E-state index is 10.3. The highest BCUT2D eigenvalue weighted by atomic mass is 16.6. The molecule has 1 aliphatic rings. The van der Waals surface area contributed by atoms with Gasteiger partial charge in [-0.1, -0.05) is 0 Å². The maximum atomic E-state index is 10.3. The van der Waals surface area contributed by atoms with Crippen LogP contribution in [0.2, 0.25) is 0 Å². The first-order valence-corrected chi connectivity index (χ1v) is 2.93. The molecule has 1 aliphatic heterocycles. The Kier molecular flexibility index (Phi) is 1.99. The van der Waals surface area contributed by atoms with Crippen molar-refractivity contribution in [2.75, 3.05) is 0 Å². The van der Waals surface area contributed by atoms with Crippen molar-refractivity contribution in [2.45, 2.75) is 6.17 Å². The molecule has 0 aromatic rings. The topological polar surface area (TPSA) is 132 Å². The monoisotopic (exact) mass is 170 g/mol. The van der Waals surface area contributed by atoms with Gasteiger partial charge in [0, 0.05) is 0 Å². The second-order valence-electron chi connectivity index (χ2n) is 1.95. The van der Waals surface area contributed by atoms with E-state index in [2.05, 4.69) is 15.0 Å². The van der Waals surface area contributed by atoms with E-state index in [1.807, 2.05) is 0 Å². The van der Waals surface area contributed by atoms with Gasteiger partial charge in [-0.2, -0.15) is 9.98 Å². The Morgan fingerprint density at radius 2 is 2.42 bits per heavy atom. The van der Waals surface area contributed by atoms with E-state index in [0.717, 1.165) is 6.34 Å². The predicted octanol–water partition coefficient (Wildman–Crippen LogP) is -1.70. The summed E-state index contributed by atoms with van der Waals surface area (Å²) in [7, 11) is 0. The molecule has 0 aliphatic carbocycles. The molecule has 64 valence electrons. The van der Waals surface area contributed by atoms with E-state index in [1.54, 1.807) is 0 Å². The van der Waals surface area contributed by atoms with Crippen molar-refractivity contribution < 1.29 is 4.92 Å². The van der Waals surface area contributed by atoms with Crippen LogP contribution in [0.25, 0.3) is 0 Å². The van der Waals surface area contributed by atoms with Gasteiger partial charge in [0.15, 0.2) is 5.96 Å². The highest BCUT2D eigenvalue weighted by Crippen LogP contribution is 2.02. The number of amidine groups is 1.